The molecule has 19 heavy (non-hydrogen) atoms. The summed E-state index contributed by atoms with van der Waals surface area (Å²) in [6.07, 6.45) is 6.53. The topological polar surface area (TPSA) is 80.9 Å². The van der Waals surface area contributed by atoms with Gasteiger partial charge in [0.05, 0.1) is 0 Å². The highest BCUT2D eigenvalue weighted by atomic mass is 16.4. The van der Waals surface area contributed by atoms with Crippen LogP contribution in [0.2, 0.25) is 0 Å². The van der Waals surface area contributed by atoms with Gasteiger partial charge >= 0.3 is 5.97 Å². The highest BCUT2D eigenvalue weighted by Gasteiger charge is 2.32. The molecule has 0 amide bonds. The average Bonchev–Trinajstić information content (AvgIpc) is 2.88. The zero-order valence-electron chi connectivity index (χ0n) is 11.6. The van der Waals surface area contributed by atoms with Crippen LogP contribution >= 0.6 is 0 Å². The van der Waals surface area contributed by atoms with E-state index in [0.717, 1.165) is 25.1 Å². The smallest absolute Gasteiger partial charge is 0.328 e. The van der Waals surface area contributed by atoms with Crippen LogP contribution in [0, 0.1) is 5.92 Å². The number of carboxylic acids is 1. The minimum atomic E-state index is -0.848. The summed E-state index contributed by atoms with van der Waals surface area (Å²) in [6, 6.07) is -0.656. The first-order valence-corrected chi connectivity index (χ1v) is 7.15. The Morgan fingerprint density at radius 3 is 2.68 bits per heavy atom. The molecule has 1 saturated carbocycles. The highest BCUT2D eigenvalue weighted by molar-refractivity contribution is 5.72. The second-order valence-corrected chi connectivity index (χ2v) is 5.49. The first-order valence-electron chi connectivity index (χ1n) is 7.15. The average molecular weight is 266 g/mol. The lowest BCUT2D eigenvalue weighted by molar-refractivity contribution is -0.143. The molecule has 6 heteroatoms. The molecular weight excluding hydrogens is 244 g/mol. The van der Waals surface area contributed by atoms with Gasteiger partial charge in [-0.15, -0.1) is 5.10 Å². The number of aliphatic carboxylic acids is 1. The predicted octanol–water partition coefficient (Wildman–Crippen LogP) is 2.39. The van der Waals surface area contributed by atoms with E-state index in [4.69, 9.17) is 0 Å². The highest BCUT2D eigenvalue weighted by Crippen LogP contribution is 2.33. The SMILES string of the molecule is CCC(C)C(C(=O)O)n1nnnc1C1CCCCC1. The molecule has 0 bridgehead atoms. The molecule has 0 radical (unpaired) electrons. The van der Waals surface area contributed by atoms with Gasteiger partial charge in [0.25, 0.3) is 0 Å². The van der Waals surface area contributed by atoms with Crippen LogP contribution in [-0.4, -0.2) is 31.3 Å². The molecule has 1 N–H and O–H groups in total. The molecule has 1 aliphatic rings. The van der Waals surface area contributed by atoms with Crippen molar-refractivity contribution in [2.45, 2.75) is 64.3 Å². The number of nitrogens with zero attached hydrogens (tertiary/aromatic N) is 4. The van der Waals surface area contributed by atoms with Crippen LogP contribution in [0.5, 0.6) is 0 Å². The number of hydrogen-bond acceptors (Lipinski definition) is 4. The Balaban J connectivity index is 2.27. The van der Waals surface area contributed by atoms with Crippen molar-refractivity contribution in [3.8, 4) is 0 Å². The minimum absolute atomic E-state index is 0.0170. The quantitative estimate of drug-likeness (QED) is 0.885. The lowest BCUT2D eigenvalue weighted by Crippen LogP contribution is -2.29. The minimum Gasteiger partial charge on any atom is -0.480 e. The third kappa shape index (κ3) is 2.93. The van der Waals surface area contributed by atoms with Gasteiger partial charge in [-0.25, -0.2) is 9.48 Å². The van der Waals surface area contributed by atoms with Crippen LogP contribution < -0.4 is 0 Å². The van der Waals surface area contributed by atoms with Gasteiger partial charge in [-0.1, -0.05) is 39.5 Å². The first kappa shape index (κ1) is 14.0. The van der Waals surface area contributed by atoms with E-state index in [1.165, 1.54) is 19.3 Å². The Morgan fingerprint density at radius 2 is 2.11 bits per heavy atom. The maximum atomic E-state index is 11.5. The van der Waals surface area contributed by atoms with E-state index in [0.29, 0.717) is 5.92 Å². The third-order valence-corrected chi connectivity index (χ3v) is 4.19. The monoisotopic (exact) mass is 266 g/mol. The number of rotatable bonds is 5. The van der Waals surface area contributed by atoms with Crippen LogP contribution in [0.15, 0.2) is 0 Å². The van der Waals surface area contributed by atoms with E-state index in [1.54, 1.807) is 4.68 Å². The zero-order chi connectivity index (χ0) is 13.8. The molecule has 0 spiro atoms. The van der Waals surface area contributed by atoms with Gasteiger partial charge < -0.3 is 5.11 Å². The molecule has 6 nitrogen and oxygen atoms in total. The molecule has 2 rings (SSSR count). The fourth-order valence-corrected chi connectivity index (χ4v) is 2.84. The van der Waals surface area contributed by atoms with Crippen molar-refractivity contribution >= 4 is 5.97 Å². The summed E-state index contributed by atoms with van der Waals surface area (Å²) in [4.78, 5) is 11.5. The summed E-state index contributed by atoms with van der Waals surface area (Å²) in [5.74, 6) is 0.240. The predicted molar refractivity (Wildman–Crippen MR) is 69.8 cm³/mol. The van der Waals surface area contributed by atoms with E-state index in [1.807, 2.05) is 13.8 Å². The van der Waals surface area contributed by atoms with Crippen molar-refractivity contribution in [2.75, 3.05) is 0 Å². The fourth-order valence-electron chi connectivity index (χ4n) is 2.84. The first-order chi connectivity index (χ1) is 9.15. The number of hydrogen-bond donors (Lipinski definition) is 1. The van der Waals surface area contributed by atoms with Crippen LogP contribution in [-0.2, 0) is 4.79 Å². The van der Waals surface area contributed by atoms with E-state index in [-0.39, 0.29) is 5.92 Å². The van der Waals surface area contributed by atoms with E-state index >= 15 is 0 Å². The molecular formula is C13H22N4O2. The van der Waals surface area contributed by atoms with Gasteiger partial charge in [0.2, 0.25) is 0 Å². The van der Waals surface area contributed by atoms with Crippen molar-refractivity contribution in [1.29, 1.82) is 0 Å². The number of tetrazole rings is 1. The molecule has 0 aromatic carbocycles. The number of carbonyl (C=O) groups is 1. The Labute approximate surface area is 113 Å². The van der Waals surface area contributed by atoms with Gasteiger partial charge in [0, 0.05) is 5.92 Å². The Hall–Kier alpha value is -1.46. The Bertz CT molecular complexity index is 426. The molecule has 1 heterocycles. The van der Waals surface area contributed by atoms with Gasteiger partial charge in [-0.3, -0.25) is 0 Å². The maximum Gasteiger partial charge on any atom is 0.328 e. The van der Waals surface area contributed by atoms with E-state index in [9.17, 15) is 9.90 Å². The summed E-state index contributed by atoms with van der Waals surface area (Å²) < 4.78 is 1.55. The summed E-state index contributed by atoms with van der Waals surface area (Å²) in [5, 5.41) is 21.2. The Morgan fingerprint density at radius 1 is 1.42 bits per heavy atom. The van der Waals surface area contributed by atoms with Crippen molar-refractivity contribution in [3.05, 3.63) is 5.82 Å². The van der Waals surface area contributed by atoms with E-state index < -0.39 is 12.0 Å². The largest absolute Gasteiger partial charge is 0.480 e. The molecule has 106 valence electrons. The van der Waals surface area contributed by atoms with Crippen LogP contribution in [0.4, 0.5) is 0 Å². The van der Waals surface area contributed by atoms with Gasteiger partial charge in [0.15, 0.2) is 11.9 Å². The second kappa shape index (κ2) is 6.12. The lowest BCUT2D eigenvalue weighted by Gasteiger charge is -2.24. The fraction of sp³-hybridized carbons (Fsp3) is 0.846. The Kier molecular flexibility index (Phi) is 4.50. The normalized spacial score (nSPS) is 20.1. The van der Waals surface area contributed by atoms with Crippen LogP contribution in [0.25, 0.3) is 0 Å². The van der Waals surface area contributed by atoms with Crippen molar-refractivity contribution in [2.24, 2.45) is 5.92 Å². The maximum absolute atomic E-state index is 11.5. The molecule has 1 fully saturated rings. The van der Waals surface area contributed by atoms with Crippen molar-refractivity contribution < 1.29 is 9.90 Å². The van der Waals surface area contributed by atoms with Crippen molar-refractivity contribution in [3.63, 3.8) is 0 Å². The number of aromatic nitrogens is 4. The number of carboxylic acid groups (broad SMARTS) is 1. The summed E-state index contributed by atoms with van der Waals surface area (Å²) in [7, 11) is 0. The van der Waals surface area contributed by atoms with Crippen LogP contribution in [0.3, 0.4) is 0 Å². The molecule has 1 aliphatic carbocycles. The second-order valence-electron chi connectivity index (χ2n) is 5.49. The van der Waals surface area contributed by atoms with Gasteiger partial charge in [-0.05, 0) is 29.2 Å². The molecule has 0 aliphatic heterocycles. The van der Waals surface area contributed by atoms with Crippen LogP contribution in [0.1, 0.15) is 70.2 Å². The molecule has 1 aromatic rings. The van der Waals surface area contributed by atoms with Gasteiger partial charge in [0.1, 0.15) is 0 Å². The summed E-state index contributed by atoms with van der Waals surface area (Å²) >= 11 is 0. The standard InChI is InChI=1S/C13H22N4O2/c1-3-9(2)11(13(18)19)17-12(14-15-16-17)10-7-5-4-6-8-10/h9-11H,3-8H2,1-2H3,(H,18,19). The lowest BCUT2D eigenvalue weighted by atomic mass is 9.88. The van der Waals surface area contributed by atoms with E-state index in [2.05, 4.69) is 15.5 Å². The molecule has 1 aromatic heterocycles. The third-order valence-electron chi connectivity index (χ3n) is 4.19. The van der Waals surface area contributed by atoms with Gasteiger partial charge in [-0.2, -0.15) is 0 Å². The molecule has 2 atom stereocenters. The zero-order valence-corrected chi connectivity index (χ0v) is 11.6. The molecule has 2 unspecified atom stereocenters. The molecule has 0 saturated heterocycles. The van der Waals surface area contributed by atoms with Crippen molar-refractivity contribution in [1.82, 2.24) is 20.2 Å². The summed E-state index contributed by atoms with van der Waals surface area (Å²) in [5.41, 5.74) is 0. The summed E-state index contributed by atoms with van der Waals surface area (Å²) in [6.45, 7) is 3.93.